The Morgan fingerprint density at radius 1 is 1.19 bits per heavy atom. The molecule has 2 heterocycles. The number of carbonyl (C=O) groups excluding carboxylic acids is 1. The minimum absolute atomic E-state index is 0.0500. The molecule has 1 atom stereocenters. The van der Waals surface area contributed by atoms with Crippen LogP contribution in [0.15, 0.2) is 65.2 Å². The van der Waals surface area contributed by atoms with E-state index in [-0.39, 0.29) is 23.3 Å². The monoisotopic (exact) mass is 525 g/mol. The van der Waals surface area contributed by atoms with E-state index >= 15 is 0 Å². The van der Waals surface area contributed by atoms with E-state index in [4.69, 9.17) is 47.5 Å². The lowest BCUT2D eigenvalue weighted by Crippen LogP contribution is -2.17. The molecule has 0 spiro atoms. The van der Waals surface area contributed by atoms with Gasteiger partial charge in [-0.2, -0.15) is 0 Å². The molecule has 0 amide bonds. The van der Waals surface area contributed by atoms with Crippen molar-refractivity contribution in [2.45, 2.75) is 13.8 Å². The zero-order valence-electron chi connectivity index (χ0n) is 19.9. The molecule has 0 aliphatic carbocycles. The maximum Gasteiger partial charge on any atom is 0.330 e. The van der Waals surface area contributed by atoms with Crippen LogP contribution >= 0.6 is 23.8 Å². The number of ether oxygens (including phenoxy) is 3. The van der Waals surface area contributed by atoms with E-state index in [0.29, 0.717) is 34.6 Å². The fourth-order valence-corrected chi connectivity index (χ4v) is 3.90. The maximum atomic E-state index is 11.5. The standard InChI is InChI=1S/C26H24ClN3O5S/c1-4-6-24(31)34-15-16(2)14-33-23-13-17(9-11-19(23)27)30-25(29-35-26(30)36)21-12-10-18-20(28-21)7-5-8-22(18)32-3/h4-13,16H,14-15H2,1-3H3. The Kier molecular flexibility index (Phi) is 8.02. The van der Waals surface area contributed by atoms with E-state index in [2.05, 4.69) is 5.16 Å². The fraction of sp³-hybridized carbons (Fsp3) is 0.231. The van der Waals surface area contributed by atoms with Crippen molar-refractivity contribution < 1.29 is 23.5 Å². The molecule has 2 aromatic carbocycles. The van der Waals surface area contributed by atoms with Crippen LogP contribution in [0.1, 0.15) is 13.8 Å². The summed E-state index contributed by atoms with van der Waals surface area (Å²) in [6.07, 6.45) is 3.00. The first-order chi connectivity index (χ1) is 17.4. The summed E-state index contributed by atoms with van der Waals surface area (Å²) in [6, 6.07) is 14.6. The van der Waals surface area contributed by atoms with E-state index in [1.54, 1.807) is 42.9 Å². The molecule has 0 saturated heterocycles. The minimum Gasteiger partial charge on any atom is -0.496 e. The predicted octanol–water partition coefficient (Wildman–Crippen LogP) is 6.21. The van der Waals surface area contributed by atoms with Crippen molar-refractivity contribution >= 4 is 40.7 Å². The minimum atomic E-state index is -0.389. The third-order valence-corrected chi connectivity index (χ3v) is 5.82. The second-order valence-electron chi connectivity index (χ2n) is 7.99. The summed E-state index contributed by atoms with van der Waals surface area (Å²) in [4.78, 5) is 16.4. The van der Waals surface area contributed by atoms with Gasteiger partial charge in [0, 0.05) is 23.4 Å². The van der Waals surface area contributed by atoms with Crippen LogP contribution < -0.4 is 9.47 Å². The molecule has 0 fully saturated rings. The SMILES string of the molecule is CC=CC(=O)OCC(C)COc1cc(-n2c(-c3ccc4c(OC)cccc4n3)noc2=S)ccc1Cl. The number of halogens is 1. The number of benzene rings is 2. The van der Waals surface area contributed by atoms with Crippen LogP contribution in [0.25, 0.3) is 28.1 Å². The number of carbonyl (C=O) groups is 1. The van der Waals surface area contributed by atoms with Crippen molar-refractivity contribution in [3.63, 3.8) is 0 Å². The molecule has 1 unspecified atom stereocenters. The molecule has 0 aliphatic heterocycles. The largest absolute Gasteiger partial charge is 0.496 e. The Bertz CT molecular complexity index is 1480. The Hall–Kier alpha value is -3.69. The zero-order valence-corrected chi connectivity index (χ0v) is 21.5. The summed E-state index contributed by atoms with van der Waals surface area (Å²) < 4.78 is 23.5. The Labute approximate surface area is 218 Å². The van der Waals surface area contributed by atoms with Crippen LogP contribution in [0, 0.1) is 10.8 Å². The van der Waals surface area contributed by atoms with E-state index in [1.165, 1.54) is 6.08 Å². The highest BCUT2D eigenvalue weighted by Crippen LogP contribution is 2.31. The third kappa shape index (κ3) is 5.58. The predicted molar refractivity (Wildman–Crippen MR) is 139 cm³/mol. The average Bonchev–Trinajstić information content (AvgIpc) is 3.27. The van der Waals surface area contributed by atoms with Crippen molar-refractivity contribution in [1.82, 2.24) is 14.7 Å². The highest BCUT2D eigenvalue weighted by molar-refractivity contribution is 7.71. The van der Waals surface area contributed by atoms with Crippen molar-refractivity contribution in [2.24, 2.45) is 5.92 Å². The first-order valence-electron chi connectivity index (χ1n) is 11.2. The molecule has 10 heteroatoms. The van der Waals surface area contributed by atoms with Gasteiger partial charge in [0.05, 0.1) is 36.6 Å². The highest BCUT2D eigenvalue weighted by Gasteiger charge is 2.17. The van der Waals surface area contributed by atoms with Crippen LogP contribution in [0.5, 0.6) is 11.5 Å². The number of aromatic nitrogens is 3. The van der Waals surface area contributed by atoms with Gasteiger partial charge in [-0.25, -0.2) is 14.3 Å². The summed E-state index contributed by atoms with van der Waals surface area (Å²) in [6.45, 7) is 4.18. The van der Waals surface area contributed by atoms with Gasteiger partial charge in [-0.1, -0.05) is 35.8 Å². The maximum absolute atomic E-state index is 11.5. The average molecular weight is 526 g/mol. The molecule has 186 valence electrons. The fourth-order valence-electron chi connectivity index (χ4n) is 3.50. The number of hydrogen-bond donors (Lipinski definition) is 0. The van der Waals surface area contributed by atoms with Crippen LogP contribution in [-0.2, 0) is 9.53 Å². The summed E-state index contributed by atoms with van der Waals surface area (Å²) in [5.41, 5.74) is 1.97. The van der Waals surface area contributed by atoms with Crippen molar-refractivity contribution in [3.05, 3.63) is 70.5 Å². The smallest absolute Gasteiger partial charge is 0.330 e. The molecule has 0 aliphatic rings. The molecular weight excluding hydrogens is 502 g/mol. The van der Waals surface area contributed by atoms with E-state index in [1.807, 2.05) is 37.3 Å². The van der Waals surface area contributed by atoms with Gasteiger partial charge in [-0.15, -0.1) is 0 Å². The summed E-state index contributed by atoms with van der Waals surface area (Å²) in [7, 11) is 1.62. The normalized spacial score (nSPS) is 12.1. The quantitative estimate of drug-likeness (QED) is 0.145. The lowest BCUT2D eigenvalue weighted by Gasteiger charge is -2.15. The summed E-state index contributed by atoms with van der Waals surface area (Å²) >= 11 is 11.8. The summed E-state index contributed by atoms with van der Waals surface area (Å²) in [5.74, 6) is 1.17. The number of nitrogens with zero attached hydrogens (tertiary/aromatic N) is 3. The van der Waals surface area contributed by atoms with Crippen LogP contribution in [0.2, 0.25) is 5.02 Å². The van der Waals surface area contributed by atoms with E-state index < -0.39 is 0 Å². The van der Waals surface area contributed by atoms with Gasteiger partial charge in [0.15, 0.2) is 0 Å². The van der Waals surface area contributed by atoms with Crippen molar-refractivity contribution in [3.8, 4) is 28.7 Å². The Balaban J connectivity index is 1.60. The first-order valence-corrected chi connectivity index (χ1v) is 11.9. The number of pyridine rings is 1. The van der Waals surface area contributed by atoms with Gasteiger partial charge < -0.3 is 18.7 Å². The number of rotatable bonds is 9. The van der Waals surface area contributed by atoms with Gasteiger partial charge in [0.1, 0.15) is 17.2 Å². The molecule has 4 aromatic rings. The van der Waals surface area contributed by atoms with Crippen LogP contribution in [0.4, 0.5) is 0 Å². The van der Waals surface area contributed by atoms with Gasteiger partial charge >= 0.3 is 10.8 Å². The highest BCUT2D eigenvalue weighted by atomic mass is 35.5. The first kappa shape index (κ1) is 25.4. The zero-order chi connectivity index (χ0) is 25.7. The van der Waals surface area contributed by atoms with E-state index in [9.17, 15) is 4.79 Å². The molecule has 2 aromatic heterocycles. The van der Waals surface area contributed by atoms with Crippen molar-refractivity contribution in [1.29, 1.82) is 0 Å². The second-order valence-corrected chi connectivity index (χ2v) is 8.75. The molecule has 0 radical (unpaired) electrons. The topological polar surface area (TPSA) is 88.6 Å². The summed E-state index contributed by atoms with van der Waals surface area (Å²) in [5, 5.41) is 5.46. The lowest BCUT2D eigenvalue weighted by molar-refractivity contribution is -0.139. The lowest BCUT2D eigenvalue weighted by atomic mass is 10.1. The molecular formula is C26H24ClN3O5S. The number of allylic oxidation sites excluding steroid dienone is 1. The molecule has 36 heavy (non-hydrogen) atoms. The van der Waals surface area contributed by atoms with Gasteiger partial charge in [-0.05, 0) is 55.5 Å². The molecule has 0 saturated carbocycles. The van der Waals surface area contributed by atoms with Gasteiger partial charge in [-0.3, -0.25) is 0 Å². The van der Waals surface area contributed by atoms with Crippen LogP contribution in [0.3, 0.4) is 0 Å². The second kappa shape index (κ2) is 11.4. The third-order valence-electron chi connectivity index (χ3n) is 5.25. The van der Waals surface area contributed by atoms with Gasteiger partial charge in [0.25, 0.3) is 0 Å². The Morgan fingerprint density at radius 2 is 2.03 bits per heavy atom. The Morgan fingerprint density at radius 3 is 2.81 bits per heavy atom. The van der Waals surface area contributed by atoms with Gasteiger partial charge in [0.2, 0.25) is 5.82 Å². The van der Waals surface area contributed by atoms with E-state index in [0.717, 1.165) is 16.7 Å². The van der Waals surface area contributed by atoms with Crippen LogP contribution in [-0.4, -0.2) is 41.0 Å². The number of esters is 1. The molecule has 0 N–H and O–H groups in total. The molecule has 4 rings (SSSR count). The molecule has 8 nitrogen and oxygen atoms in total. The number of methoxy groups -OCH3 is 1. The molecule has 0 bridgehead atoms. The van der Waals surface area contributed by atoms with Crippen molar-refractivity contribution in [2.75, 3.05) is 20.3 Å². The number of fused-ring (bicyclic) bond motifs is 1. The number of hydrogen-bond acceptors (Lipinski definition) is 8.